The molecule has 1 aromatic carbocycles. The predicted molar refractivity (Wildman–Crippen MR) is 63.6 cm³/mol. The number of rotatable bonds is 4. The maximum absolute atomic E-state index is 13.0. The SMILES string of the molecule is FC(F)(F)[C@H](OC[C@H]1CO1)c1cc(Cl)ccc1Br. The van der Waals surface area contributed by atoms with Gasteiger partial charge in [-0.1, -0.05) is 27.5 Å². The molecule has 2 nitrogen and oxygen atoms in total. The van der Waals surface area contributed by atoms with Crippen molar-refractivity contribution in [2.75, 3.05) is 13.2 Å². The van der Waals surface area contributed by atoms with Gasteiger partial charge in [-0.15, -0.1) is 0 Å². The number of halogens is 5. The summed E-state index contributed by atoms with van der Waals surface area (Å²) in [6.45, 7) is 0.365. The molecule has 2 atom stereocenters. The zero-order chi connectivity index (χ0) is 13.3. The Morgan fingerprint density at radius 2 is 2.17 bits per heavy atom. The Bertz CT molecular complexity index is 435. The van der Waals surface area contributed by atoms with E-state index in [0.29, 0.717) is 11.1 Å². The first kappa shape index (κ1) is 14.1. The molecule has 0 radical (unpaired) electrons. The highest BCUT2D eigenvalue weighted by Gasteiger charge is 2.44. The van der Waals surface area contributed by atoms with Crippen LogP contribution < -0.4 is 0 Å². The van der Waals surface area contributed by atoms with Gasteiger partial charge in [0.2, 0.25) is 0 Å². The van der Waals surface area contributed by atoms with Crippen molar-refractivity contribution in [3.8, 4) is 0 Å². The van der Waals surface area contributed by atoms with Crippen molar-refractivity contribution in [3.05, 3.63) is 33.3 Å². The summed E-state index contributed by atoms with van der Waals surface area (Å²) >= 11 is 8.79. The molecule has 0 spiro atoms. The van der Waals surface area contributed by atoms with Crippen LogP contribution in [0.5, 0.6) is 0 Å². The van der Waals surface area contributed by atoms with Crippen LogP contribution in [-0.4, -0.2) is 25.5 Å². The predicted octanol–water partition coefficient (Wildman–Crippen LogP) is 4.12. The fourth-order valence-corrected chi connectivity index (χ4v) is 2.08. The molecule has 2 rings (SSSR count). The van der Waals surface area contributed by atoms with Gasteiger partial charge in [-0.2, -0.15) is 13.2 Å². The van der Waals surface area contributed by atoms with Crippen molar-refractivity contribution in [2.45, 2.75) is 18.4 Å². The summed E-state index contributed by atoms with van der Waals surface area (Å²) in [5.74, 6) is 0. The Morgan fingerprint density at radius 1 is 1.50 bits per heavy atom. The Morgan fingerprint density at radius 3 is 2.72 bits per heavy atom. The molecule has 0 N–H and O–H groups in total. The summed E-state index contributed by atoms with van der Waals surface area (Å²) in [6.07, 6.45) is -6.73. The van der Waals surface area contributed by atoms with Crippen molar-refractivity contribution in [1.82, 2.24) is 0 Å². The molecule has 0 saturated carbocycles. The molecular weight excluding hydrogens is 336 g/mol. The van der Waals surface area contributed by atoms with Gasteiger partial charge < -0.3 is 9.47 Å². The van der Waals surface area contributed by atoms with E-state index in [0.717, 1.165) is 0 Å². The van der Waals surface area contributed by atoms with Crippen LogP contribution in [0.2, 0.25) is 5.02 Å². The summed E-state index contributed by atoms with van der Waals surface area (Å²) in [6, 6.07) is 4.22. The zero-order valence-corrected chi connectivity index (χ0v) is 11.3. The Balaban J connectivity index is 2.23. The lowest BCUT2D eigenvalue weighted by Crippen LogP contribution is -2.25. The molecule has 100 valence electrons. The van der Waals surface area contributed by atoms with Gasteiger partial charge in [0.15, 0.2) is 6.10 Å². The maximum atomic E-state index is 13.0. The monoisotopic (exact) mass is 344 g/mol. The number of hydrogen-bond acceptors (Lipinski definition) is 2. The van der Waals surface area contributed by atoms with E-state index in [1.54, 1.807) is 0 Å². The second-order valence-electron chi connectivity index (χ2n) is 3.88. The van der Waals surface area contributed by atoms with Gasteiger partial charge in [0.25, 0.3) is 0 Å². The van der Waals surface area contributed by atoms with Crippen LogP contribution >= 0.6 is 27.5 Å². The van der Waals surface area contributed by atoms with Crippen LogP contribution in [-0.2, 0) is 9.47 Å². The second-order valence-corrected chi connectivity index (χ2v) is 5.17. The Hall–Kier alpha value is -0.300. The molecule has 18 heavy (non-hydrogen) atoms. The number of epoxide rings is 1. The van der Waals surface area contributed by atoms with Gasteiger partial charge in [-0.25, -0.2) is 0 Å². The molecule has 0 aromatic heterocycles. The highest BCUT2D eigenvalue weighted by Crippen LogP contribution is 2.40. The molecule has 7 heteroatoms. The fourth-order valence-electron chi connectivity index (χ4n) is 1.44. The molecule has 1 aliphatic heterocycles. The summed E-state index contributed by atoms with van der Waals surface area (Å²) in [7, 11) is 0. The lowest BCUT2D eigenvalue weighted by atomic mass is 10.1. The van der Waals surface area contributed by atoms with E-state index in [-0.39, 0.29) is 23.3 Å². The van der Waals surface area contributed by atoms with Crippen LogP contribution in [0.4, 0.5) is 13.2 Å². The molecule has 0 aliphatic carbocycles. The van der Waals surface area contributed by atoms with Crippen molar-refractivity contribution in [2.24, 2.45) is 0 Å². The van der Waals surface area contributed by atoms with E-state index >= 15 is 0 Å². The quantitative estimate of drug-likeness (QED) is 0.766. The van der Waals surface area contributed by atoms with Crippen molar-refractivity contribution in [3.63, 3.8) is 0 Å². The third kappa shape index (κ3) is 3.60. The minimum atomic E-state index is -4.50. The third-order valence-corrected chi connectivity index (χ3v) is 3.35. The van der Waals surface area contributed by atoms with E-state index in [2.05, 4.69) is 15.9 Å². The van der Waals surface area contributed by atoms with Crippen LogP contribution in [0, 0.1) is 0 Å². The molecule has 1 aromatic rings. The summed E-state index contributed by atoms with van der Waals surface area (Å²) < 4.78 is 48.9. The van der Waals surface area contributed by atoms with Gasteiger partial charge in [0.1, 0.15) is 6.10 Å². The van der Waals surface area contributed by atoms with Gasteiger partial charge >= 0.3 is 6.18 Å². The van der Waals surface area contributed by atoms with E-state index in [4.69, 9.17) is 21.1 Å². The number of benzene rings is 1. The van der Waals surface area contributed by atoms with Gasteiger partial charge in [-0.05, 0) is 18.2 Å². The van der Waals surface area contributed by atoms with E-state index in [1.165, 1.54) is 18.2 Å². The summed E-state index contributed by atoms with van der Waals surface area (Å²) in [4.78, 5) is 0. The first-order valence-corrected chi connectivity index (χ1v) is 6.30. The van der Waals surface area contributed by atoms with Crippen LogP contribution in [0.25, 0.3) is 0 Å². The highest BCUT2D eigenvalue weighted by molar-refractivity contribution is 9.10. The largest absolute Gasteiger partial charge is 0.418 e. The van der Waals surface area contributed by atoms with E-state index < -0.39 is 12.3 Å². The number of hydrogen-bond donors (Lipinski definition) is 0. The minimum Gasteiger partial charge on any atom is -0.371 e. The van der Waals surface area contributed by atoms with Crippen molar-refractivity contribution < 1.29 is 22.6 Å². The third-order valence-electron chi connectivity index (χ3n) is 2.39. The van der Waals surface area contributed by atoms with Gasteiger partial charge in [0, 0.05) is 15.1 Å². The number of alkyl halides is 3. The lowest BCUT2D eigenvalue weighted by Gasteiger charge is -2.22. The van der Waals surface area contributed by atoms with Gasteiger partial charge in [0.05, 0.1) is 13.2 Å². The second kappa shape index (κ2) is 5.36. The van der Waals surface area contributed by atoms with Crippen LogP contribution in [0.3, 0.4) is 0 Å². The lowest BCUT2D eigenvalue weighted by molar-refractivity contribution is -0.224. The minimum absolute atomic E-state index is 0.0318. The smallest absolute Gasteiger partial charge is 0.371 e. The molecule has 1 saturated heterocycles. The molecule has 1 fully saturated rings. The average molecular weight is 346 g/mol. The topological polar surface area (TPSA) is 21.8 Å². The molecule has 0 bridgehead atoms. The summed E-state index contributed by atoms with van der Waals surface area (Å²) in [5.41, 5.74) is -0.0318. The Labute approximate surface area is 115 Å². The normalized spacial score (nSPS) is 20.8. The highest BCUT2D eigenvalue weighted by atomic mass is 79.9. The number of ether oxygens (including phenoxy) is 2. The van der Waals surface area contributed by atoms with Gasteiger partial charge in [-0.3, -0.25) is 0 Å². The van der Waals surface area contributed by atoms with Crippen molar-refractivity contribution >= 4 is 27.5 Å². The zero-order valence-electron chi connectivity index (χ0n) is 9.01. The first-order chi connectivity index (χ1) is 8.38. The molecule has 0 unspecified atom stereocenters. The van der Waals surface area contributed by atoms with Crippen LogP contribution in [0.1, 0.15) is 11.7 Å². The first-order valence-electron chi connectivity index (χ1n) is 5.13. The van der Waals surface area contributed by atoms with E-state index in [9.17, 15) is 13.2 Å². The molecule has 1 heterocycles. The standard InChI is InChI=1S/C11H9BrClF3O2/c12-9-2-1-6(13)3-8(9)10(11(14,15)16)18-5-7-4-17-7/h1-3,7,10H,4-5H2/t7-,10-/m1/s1. The molecule has 1 aliphatic rings. The van der Waals surface area contributed by atoms with Crippen molar-refractivity contribution in [1.29, 1.82) is 0 Å². The van der Waals surface area contributed by atoms with Crippen LogP contribution in [0.15, 0.2) is 22.7 Å². The maximum Gasteiger partial charge on any atom is 0.418 e. The summed E-state index contributed by atoms with van der Waals surface area (Å²) in [5, 5.41) is 0.230. The average Bonchev–Trinajstić information content (AvgIpc) is 3.05. The molecule has 0 amide bonds. The fraction of sp³-hybridized carbons (Fsp3) is 0.455. The Kier molecular flexibility index (Phi) is 4.21. The molecular formula is C11H9BrClF3O2. The van der Waals surface area contributed by atoms with E-state index in [1.807, 2.05) is 0 Å².